The number of rotatable bonds is 5. The maximum absolute atomic E-state index is 12.6. The normalized spacial score (nSPS) is 21.5. The Morgan fingerprint density at radius 3 is 2.77 bits per heavy atom. The van der Waals surface area contributed by atoms with Crippen molar-refractivity contribution in [3.05, 3.63) is 23.8 Å². The molecule has 1 aliphatic rings. The molecule has 6 heteroatoms. The van der Waals surface area contributed by atoms with Gasteiger partial charge in [-0.3, -0.25) is 0 Å². The molecule has 2 N–H and O–H groups in total. The fourth-order valence-electron chi connectivity index (χ4n) is 2.88. The number of ether oxygens (including phenoxy) is 1. The van der Waals surface area contributed by atoms with E-state index in [4.69, 9.17) is 4.74 Å². The average molecular weight is 326 g/mol. The highest BCUT2D eigenvalue weighted by Crippen LogP contribution is 2.30. The number of benzene rings is 1. The Labute approximate surface area is 133 Å². The van der Waals surface area contributed by atoms with E-state index in [1.54, 1.807) is 12.1 Å². The van der Waals surface area contributed by atoms with Crippen LogP contribution in [0.25, 0.3) is 0 Å². The van der Waals surface area contributed by atoms with Crippen molar-refractivity contribution in [2.24, 2.45) is 5.41 Å². The van der Waals surface area contributed by atoms with Crippen molar-refractivity contribution in [3.8, 4) is 5.75 Å². The van der Waals surface area contributed by atoms with Crippen LogP contribution in [0.2, 0.25) is 0 Å². The monoisotopic (exact) mass is 326 g/mol. The summed E-state index contributed by atoms with van der Waals surface area (Å²) in [5.74, 6) is 0.369. The summed E-state index contributed by atoms with van der Waals surface area (Å²) < 4.78 is 33.1. The van der Waals surface area contributed by atoms with Crippen LogP contribution in [0.1, 0.15) is 32.3 Å². The van der Waals surface area contributed by atoms with Crippen molar-refractivity contribution < 1.29 is 13.2 Å². The number of hydrogen-bond acceptors (Lipinski definition) is 4. The molecule has 1 unspecified atom stereocenters. The molecule has 1 heterocycles. The minimum absolute atomic E-state index is 0.0808. The SMILES string of the molecule is COc1ccc(C)cc1S(=O)(=O)NCC1NCCCC1(C)C. The first-order chi connectivity index (χ1) is 10.3. The van der Waals surface area contributed by atoms with Gasteiger partial charge >= 0.3 is 0 Å². The number of aryl methyl sites for hydroxylation is 1. The molecule has 22 heavy (non-hydrogen) atoms. The lowest BCUT2D eigenvalue weighted by Gasteiger charge is -2.39. The van der Waals surface area contributed by atoms with Crippen LogP contribution in [0.15, 0.2) is 23.1 Å². The third-order valence-electron chi connectivity index (χ3n) is 4.42. The number of sulfonamides is 1. The molecule has 1 aromatic carbocycles. The molecule has 0 aromatic heterocycles. The van der Waals surface area contributed by atoms with E-state index in [-0.39, 0.29) is 16.4 Å². The van der Waals surface area contributed by atoms with E-state index in [1.165, 1.54) is 7.11 Å². The molecule has 5 nitrogen and oxygen atoms in total. The summed E-state index contributed by atoms with van der Waals surface area (Å²) in [6.45, 7) is 7.52. The highest BCUT2D eigenvalue weighted by molar-refractivity contribution is 7.89. The summed E-state index contributed by atoms with van der Waals surface area (Å²) in [7, 11) is -2.11. The number of hydrogen-bond donors (Lipinski definition) is 2. The fraction of sp³-hybridized carbons (Fsp3) is 0.625. The highest BCUT2D eigenvalue weighted by atomic mass is 32.2. The first-order valence-corrected chi connectivity index (χ1v) is 9.12. The van der Waals surface area contributed by atoms with Crippen molar-refractivity contribution in [2.45, 2.75) is 44.6 Å². The molecule has 0 amide bonds. The summed E-state index contributed by atoms with van der Waals surface area (Å²) in [5, 5.41) is 3.42. The Hall–Kier alpha value is -1.11. The van der Waals surface area contributed by atoms with Gasteiger partial charge in [0.15, 0.2) is 0 Å². The van der Waals surface area contributed by atoms with Gasteiger partial charge in [-0.1, -0.05) is 19.9 Å². The van der Waals surface area contributed by atoms with E-state index in [0.717, 1.165) is 24.9 Å². The Bertz CT molecular complexity index is 626. The molecule has 1 atom stereocenters. The zero-order valence-electron chi connectivity index (χ0n) is 13.8. The van der Waals surface area contributed by atoms with Gasteiger partial charge in [0, 0.05) is 12.6 Å². The predicted molar refractivity (Wildman–Crippen MR) is 87.7 cm³/mol. The molecule has 1 saturated heterocycles. The van der Waals surface area contributed by atoms with E-state index in [1.807, 2.05) is 13.0 Å². The van der Waals surface area contributed by atoms with Gasteiger partial charge in [0.05, 0.1) is 7.11 Å². The summed E-state index contributed by atoms with van der Waals surface area (Å²) in [6, 6.07) is 5.29. The Morgan fingerprint density at radius 1 is 1.41 bits per heavy atom. The molecule has 0 bridgehead atoms. The van der Waals surface area contributed by atoms with Crippen molar-refractivity contribution in [1.82, 2.24) is 10.0 Å². The Kier molecular flexibility index (Phi) is 5.14. The molecule has 0 saturated carbocycles. The first-order valence-electron chi connectivity index (χ1n) is 7.64. The zero-order valence-corrected chi connectivity index (χ0v) is 14.6. The van der Waals surface area contributed by atoms with Crippen molar-refractivity contribution in [2.75, 3.05) is 20.2 Å². The van der Waals surface area contributed by atoms with Gasteiger partial charge in [-0.15, -0.1) is 0 Å². The number of piperidine rings is 1. The molecule has 1 aromatic rings. The van der Waals surface area contributed by atoms with E-state index in [0.29, 0.717) is 12.3 Å². The molecule has 0 aliphatic carbocycles. The largest absolute Gasteiger partial charge is 0.495 e. The first kappa shape index (κ1) is 17.2. The Morgan fingerprint density at radius 2 is 2.14 bits per heavy atom. The van der Waals surface area contributed by atoms with Gasteiger partial charge in [0.1, 0.15) is 10.6 Å². The molecule has 124 valence electrons. The summed E-state index contributed by atoms with van der Waals surface area (Å²) in [4.78, 5) is 0.198. The molecule has 0 spiro atoms. The van der Waals surface area contributed by atoms with Gasteiger partial charge in [-0.2, -0.15) is 0 Å². The highest BCUT2D eigenvalue weighted by Gasteiger charge is 2.33. The van der Waals surface area contributed by atoms with Crippen LogP contribution < -0.4 is 14.8 Å². The van der Waals surface area contributed by atoms with E-state index in [9.17, 15) is 8.42 Å². The maximum atomic E-state index is 12.6. The molecular formula is C16H26N2O3S. The van der Waals surface area contributed by atoms with Crippen molar-refractivity contribution >= 4 is 10.0 Å². The van der Waals surface area contributed by atoms with E-state index < -0.39 is 10.0 Å². The third kappa shape index (κ3) is 3.80. The molecule has 0 radical (unpaired) electrons. The van der Waals surface area contributed by atoms with Crippen LogP contribution in [0, 0.1) is 12.3 Å². The second kappa shape index (κ2) is 6.56. The van der Waals surface area contributed by atoms with Crippen LogP contribution in [0.3, 0.4) is 0 Å². The van der Waals surface area contributed by atoms with Crippen molar-refractivity contribution in [1.29, 1.82) is 0 Å². The molecule has 1 aliphatic heterocycles. The zero-order chi connectivity index (χ0) is 16.4. The van der Waals surface area contributed by atoms with Crippen molar-refractivity contribution in [3.63, 3.8) is 0 Å². The van der Waals surface area contributed by atoms with E-state index >= 15 is 0 Å². The van der Waals surface area contributed by atoms with Gasteiger partial charge in [-0.25, -0.2) is 13.1 Å². The summed E-state index contributed by atoms with van der Waals surface area (Å²) >= 11 is 0. The summed E-state index contributed by atoms with van der Waals surface area (Å²) in [5.41, 5.74) is 0.967. The molecular weight excluding hydrogens is 300 g/mol. The van der Waals surface area contributed by atoms with Crippen LogP contribution in [0.4, 0.5) is 0 Å². The second-order valence-corrected chi connectivity index (χ2v) is 8.34. The molecule has 2 rings (SSSR count). The number of nitrogens with one attached hydrogen (secondary N) is 2. The molecule has 1 fully saturated rings. The fourth-order valence-corrected chi connectivity index (χ4v) is 4.18. The quantitative estimate of drug-likeness (QED) is 0.869. The smallest absolute Gasteiger partial charge is 0.244 e. The predicted octanol–water partition coefficient (Wildman–Crippen LogP) is 2.06. The third-order valence-corrected chi connectivity index (χ3v) is 5.86. The Balaban J connectivity index is 2.16. The van der Waals surface area contributed by atoms with Gasteiger partial charge in [0.25, 0.3) is 0 Å². The minimum Gasteiger partial charge on any atom is -0.495 e. The summed E-state index contributed by atoms with van der Waals surface area (Å²) in [6.07, 6.45) is 2.22. The topological polar surface area (TPSA) is 67.4 Å². The standard InChI is InChI=1S/C16H26N2O3S/c1-12-6-7-13(21-4)14(10-12)22(19,20)18-11-15-16(2,3)8-5-9-17-15/h6-7,10,15,17-18H,5,8-9,11H2,1-4H3. The van der Waals surface area contributed by atoms with Crippen LogP contribution in [0.5, 0.6) is 5.75 Å². The number of methoxy groups -OCH3 is 1. The van der Waals surface area contributed by atoms with Gasteiger partial charge in [0.2, 0.25) is 10.0 Å². The minimum atomic E-state index is -3.59. The lowest BCUT2D eigenvalue weighted by molar-refractivity contribution is 0.181. The van der Waals surface area contributed by atoms with Crippen LogP contribution >= 0.6 is 0 Å². The van der Waals surface area contributed by atoms with Gasteiger partial charge < -0.3 is 10.1 Å². The van der Waals surface area contributed by atoms with E-state index in [2.05, 4.69) is 23.9 Å². The van der Waals surface area contributed by atoms with Crippen LogP contribution in [-0.2, 0) is 10.0 Å². The van der Waals surface area contributed by atoms with Gasteiger partial charge in [-0.05, 0) is 49.4 Å². The average Bonchev–Trinajstić information content (AvgIpc) is 2.45. The lowest BCUT2D eigenvalue weighted by atomic mass is 9.78. The maximum Gasteiger partial charge on any atom is 0.244 e. The van der Waals surface area contributed by atoms with Crippen LogP contribution in [-0.4, -0.2) is 34.7 Å². The lowest BCUT2D eigenvalue weighted by Crippen LogP contribution is -2.52. The second-order valence-electron chi connectivity index (χ2n) is 6.61.